The van der Waals surface area contributed by atoms with Crippen molar-refractivity contribution in [1.82, 2.24) is 0 Å². The second-order valence-electron chi connectivity index (χ2n) is 29.8. The lowest BCUT2D eigenvalue weighted by Gasteiger charge is -2.40. The standard InChI is InChI=1S/C102H65N3O3S2/c1-101(2)82-37-13-10-32-72(82)77-36-24-35-71(99(77)101)62-26-23-31-67(53-62)103(70-56-78(100-80(57-70)76-34-12-18-42-91(76)108-100)63-47-52-88-98(54-63)110-96-46-22-16-40-87(96)105(88)66-29-7-4-8-30-66)68-48-50-73-74-51-49-69(59-86(74)102(85(73)58-68)83-38-14-19-43-92(83)107-93-44-20-15-39-84(93)102)104(65-27-5-3-6-28-65)89-61-94-79(75-33-11-17-41-90(75)106-94)60-81(89)97-55-64-25-9-21-45-95(64)109-97/h3-61H,1-2H3. The highest BCUT2D eigenvalue weighted by atomic mass is 32.2. The number of fused-ring (bicyclic) bond motifs is 21. The van der Waals surface area contributed by atoms with E-state index in [4.69, 9.17) is 13.6 Å². The molecule has 16 aromatic carbocycles. The predicted molar refractivity (Wildman–Crippen MR) is 456 cm³/mol. The number of rotatable bonds is 10. The van der Waals surface area contributed by atoms with E-state index in [0.29, 0.717) is 0 Å². The highest BCUT2D eigenvalue weighted by molar-refractivity contribution is 7.99. The molecule has 5 heterocycles. The molecular weight excluding hydrogens is 1380 g/mol. The molecule has 518 valence electrons. The van der Waals surface area contributed by atoms with Crippen LogP contribution < -0.4 is 19.4 Å². The van der Waals surface area contributed by atoms with E-state index in [9.17, 15) is 0 Å². The fraction of sp³-hybridized carbons (Fsp3) is 0.0392. The van der Waals surface area contributed by atoms with Gasteiger partial charge >= 0.3 is 0 Å². The number of furan rings is 2. The summed E-state index contributed by atoms with van der Waals surface area (Å²) in [6.45, 7) is 4.78. The lowest BCUT2D eigenvalue weighted by molar-refractivity contribution is 0.436. The quantitative estimate of drug-likeness (QED) is 0.135. The highest BCUT2D eigenvalue weighted by Crippen LogP contribution is 2.65. The minimum atomic E-state index is -0.914. The number of hydrogen-bond acceptors (Lipinski definition) is 8. The maximum Gasteiger partial charge on any atom is 0.143 e. The number of benzene rings is 16. The van der Waals surface area contributed by atoms with Gasteiger partial charge in [0.25, 0.3) is 0 Å². The summed E-state index contributed by atoms with van der Waals surface area (Å²) in [6.07, 6.45) is 0. The fourth-order valence-electron chi connectivity index (χ4n) is 18.7. The summed E-state index contributed by atoms with van der Waals surface area (Å²) in [7, 11) is 0. The molecule has 0 fully saturated rings. The first kappa shape index (κ1) is 62.8. The average Bonchev–Trinajstić information content (AvgIpc) is 1.49. The SMILES string of the molecule is CC1(C)c2ccccc2-c2cccc(-c3cccc(N(c4ccc5c(c4)C4(c6ccccc6Oc6ccccc64)c4cc(N(c6ccccc6)c6cc7oc8ccccc8c7cc6-c6cc7ccccc7s6)ccc4-5)c4cc(-c5ccc6c(c5)Sc5ccccc5N6c5ccccc5)c5oc6ccccc6c5c4)c3)c21. The van der Waals surface area contributed by atoms with Gasteiger partial charge in [-0.15, -0.1) is 11.3 Å². The van der Waals surface area contributed by atoms with Gasteiger partial charge in [0.2, 0.25) is 0 Å². The van der Waals surface area contributed by atoms with Gasteiger partial charge in [-0.1, -0.05) is 238 Å². The molecule has 0 saturated carbocycles. The van der Waals surface area contributed by atoms with E-state index in [2.05, 4.69) is 386 Å². The Morgan fingerprint density at radius 3 is 1.70 bits per heavy atom. The Morgan fingerprint density at radius 2 is 0.918 bits per heavy atom. The van der Waals surface area contributed by atoms with Gasteiger partial charge in [0, 0.05) is 109 Å². The van der Waals surface area contributed by atoms with Crippen LogP contribution in [-0.4, -0.2) is 0 Å². The summed E-state index contributed by atoms with van der Waals surface area (Å²) in [5, 5.41) is 5.45. The van der Waals surface area contributed by atoms with E-state index in [-0.39, 0.29) is 5.41 Å². The van der Waals surface area contributed by atoms with Gasteiger partial charge in [-0.05, 0) is 206 Å². The van der Waals surface area contributed by atoms with Crippen LogP contribution in [0, 0.1) is 0 Å². The van der Waals surface area contributed by atoms with E-state index < -0.39 is 5.41 Å². The summed E-state index contributed by atoms with van der Waals surface area (Å²) < 4.78 is 22.5. The van der Waals surface area contributed by atoms with Crippen molar-refractivity contribution in [2.45, 2.75) is 34.5 Å². The van der Waals surface area contributed by atoms with Crippen LogP contribution >= 0.6 is 23.1 Å². The Hall–Kier alpha value is -13.4. The van der Waals surface area contributed by atoms with Gasteiger partial charge in [0.05, 0.1) is 22.5 Å². The van der Waals surface area contributed by atoms with Crippen molar-refractivity contribution in [3.8, 4) is 66.4 Å². The van der Waals surface area contributed by atoms with Crippen LogP contribution in [0.5, 0.6) is 11.5 Å². The van der Waals surface area contributed by atoms with Gasteiger partial charge < -0.3 is 28.3 Å². The molecule has 2 aliphatic carbocycles. The average molecular weight is 1440 g/mol. The van der Waals surface area contributed by atoms with Crippen LogP contribution in [-0.2, 0) is 10.8 Å². The van der Waals surface area contributed by atoms with E-state index in [1.807, 2.05) is 23.1 Å². The molecule has 0 radical (unpaired) electrons. The number of ether oxygens (including phenoxy) is 1. The Labute approximate surface area is 644 Å². The van der Waals surface area contributed by atoms with Crippen LogP contribution in [0.25, 0.3) is 109 Å². The van der Waals surface area contributed by atoms with Crippen LogP contribution in [0.4, 0.5) is 51.2 Å². The smallest absolute Gasteiger partial charge is 0.143 e. The molecule has 0 unspecified atom stereocenters. The molecule has 3 aromatic heterocycles. The topological polar surface area (TPSA) is 45.2 Å². The molecule has 23 rings (SSSR count). The van der Waals surface area contributed by atoms with E-state index in [1.165, 1.54) is 47.7 Å². The third kappa shape index (κ3) is 9.30. The van der Waals surface area contributed by atoms with Crippen LogP contribution in [0.2, 0.25) is 0 Å². The van der Waals surface area contributed by atoms with Crippen molar-refractivity contribution >= 4 is 128 Å². The maximum absolute atomic E-state index is 7.18. The van der Waals surface area contributed by atoms with E-state index in [1.54, 1.807) is 0 Å². The first-order valence-corrected chi connectivity index (χ1v) is 39.2. The van der Waals surface area contributed by atoms with Gasteiger partial charge in [-0.2, -0.15) is 0 Å². The van der Waals surface area contributed by atoms with Crippen LogP contribution in [0.3, 0.4) is 0 Å². The van der Waals surface area contributed by atoms with Gasteiger partial charge in [-0.3, -0.25) is 0 Å². The first-order valence-electron chi connectivity index (χ1n) is 37.6. The number of nitrogens with zero attached hydrogens (tertiary/aromatic N) is 3. The summed E-state index contributed by atoms with van der Waals surface area (Å²) in [6, 6.07) is 132. The Balaban J connectivity index is 0.768. The van der Waals surface area contributed by atoms with Crippen molar-refractivity contribution in [3.63, 3.8) is 0 Å². The molecule has 0 saturated heterocycles. The third-order valence-corrected chi connectivity index (χ3v) is 25.7. The number of hydrogen-bond donors (Lipinski definition) is 0. The van der Waals surface area contributed by atoms with Crippen LogP contribution in [0.15, 0.2) is 377 Å². The maximum atomic E-state index is 7.18. The first-order chi connectivity index (χ1) is 54.3. The monoisotopic (exact) mass is 1440 g/mol. The van der Waals surface area contributed by atoms with Crippen molar-refractivity contribution in [2.24, 2.45) is 0 Å². The minimum absolute atomic E-state index is 0.255. The summed E-state index contributed by atoms with van der Waals surface area (Å²) in [4.78, 5) is 10.9. The molecule has 8 heteroatoms. The summed E-state index contributed by atoms with van der Waals surface area (Å²) >= 11 is 3.64. The predicted octanol–water partition coefficient (Wildman–Crippen LogP) is 29.4. The Morgan fingerprint density at radius 1 is 0.327 bits per heavy atom. The van der Waals surface area contributed by atoms with Gasteiger partial charge in [0.1, 0.15) is 33.8 Å². The molecule has 6 nitrogen and oxygen atoms in total. The zero-order valence-electron chi connectivity index (χ0n) is 59.9. The number of anilines is 9. The van der Waals surface area contributed by atoms with Crippen LogP contribution in [0.1, 0.15) is 47.2 Å². The molecule has 4 aliphatic rings. The molecule has 0 atom stereocenters. The molecule has 1 spiro atoms. The van der Waals surface area contributed by atoms with Gasteiger partial charge in [0.15, 0.2) is 0 Å². The largest absolute Gasteiger partial charge is 0.457 e. The lowest BCUT2D eigenvalue weighted by atomic mass is 9.66. The Bertz CT molecular complexity index is 6990. The van der Waals surface area contributed by atoms with Crippen molar-refractivity contribution < 1.29 is 13.6 Å². The molecular formula is C102H65N3O3S2. The van der Waals surface area contributed by atoms with Crippen molar-refractivity contribution in [1.29, 1.82) is 0 Å². The van der Waals surface area contributed by atoms with Crippen molar-refractivity contribution in [2.75, 3.05) is 14.7 Å². The van der Waals surface area contributed by atoms with Gasteiger partial charge in [-0.25, -0.2) is 0 Å². The summed E-state index contributed by atoms with van der Waals surface area (Å²) in [5.74, 6) is 1.63. The minimum Gasteiger partial charge on any atom is -0.457 e. The van der Waals surface area contributed by atoms with Crippen molar-refractivity contribution in [3.05, 3.63) is 391 Å². The fourth-order valence-corrected chi connectivity index (χ4v) is 20.9. The molecule has 0 bridgehead atoms. The number of para-hydroxylation sites is 7. The van der Waals surface area contributed by atoms with E-state index >= 15 is 0 Å². The molecule has 110 heavy (non-hydrogen) atoms. The second-order valence-corrected chi connectivity index (χ2v) is 31.9. The Kier molecular flexibility index (Phi) is 13.7. The highest BCUT2D eigenvalue weighted by Gasteiger charge is 2.52. The van der Waals surface area contributed by atoms with E-state index in [0.717, 1.165) is 167 Å². The normalized spacial score (nSPS) is 13.7. The summed E-state index contributed by atoms with van der Waals surface area (Å²) in [5.41, 5.74) is 29.1. The molecule has 0 N–H and O–H groups in total. The lowest BCUT2D eigenvalue weighted by Crippen LogP contribution is -2.32. The number of thiophene rings is 1. The molecule has 19 aromatic rings. The molecule has 2 aliphatic heterocycles. The second kappa shape index (κ2) is 24.1. The third-order valence-electron chi connectivity index (χ3n) is 23.4. The zero-order valence-corrected chi connectivity index (χ0v) is 61.6. The molecule has 0 amide bonds. The zero-order chi connectivity index (χ0) is 72.5.